The van der Waals surface area contributed by atoms with Crippen molar-refractivity contribution in [1.29, 1.82) is 0 Å². The molecule has 54 heavy (non-hydrogen) atoms. The lowest BCUT2D eigenvalue weighted by atomic mass is 9.82. The number of fused-ring (bicyclic) bond motifs is 12. The van der Waals surface area contributed by atoms with Gasteiger partial charge in [-0.15, -0.1) is 0 Å². The molecule has 0 atom stereocenters. The molecule has 0 N–H and O–H groups in total. The Kier molecular flexibility index (Phi) is 5.93. The fourth-order valence-electron chi connectivity index (χ4n) is 10.0. The zero-order valence-electron chi connectivity index (χ0n) is 30.3. The van der Waals surface area contributed by atoms with Crippen LogP contribution in [-0.4, -0.2) is 4.40 Å². The third-order valence-corrected chi connectivity index (χ3v) is 12.5. The number of hydrogen-bond donors (Lipinski definition) is 0. The van der Waals surface area contributed by atoms with E-state index >= 15 is 0 Å². The molecule has 0 unspecified atom stereocenters. The van der Waals surface area contributed by atoms with Crippen LogP contribution in [0, 0.1) is 0 Å². The van der Waals surface area contributed by atoms with Crippen molar-refractivity contribution in [3.05, 3.63) is 192 Å². The van der Waals surface area contributed by atoms with E-state index in [-0.39, 0.29) is 5.41 Å². The Labute approximate surface area is 314 Å². The van der Waals surface area contributed by atoms with Gasteiger partial charge in [-0.05, 0) is 105 Å². The summed E-state index contributed by atoms with van der Waals surface area (Å²) in [4.78, 5) is 2.49. The Morgan fingerprint density at radius 3 is 1.94 bits per heavy atom. The van der Waals surface area contributed by atoms with Crippen molar-refractivity contribution in [1.82, 2.24) is 4.40 Å². The molecule has 0 saturated heterocycles. The number of anilines is 3. The van der Waals surface area contributed by atoms with E-state index in [9.17, 15) is 0 Å². The second-order valence-corrected chi connectivity index (χ2v) is 15.7. The molecule has 0 aliphatic heterocycles. The molecule has 2 heteroatoms. The van der Waals surface area contributed by atoms with E-state index in [2.05, 4.69) is 193 Å². The molecule has 2 nitrogen and oxygen atoms in total. The molecular weight excluding hydrogens is 653 g/mol. The summed E-state index contributed by atoms with van der Waals surface area (Å²) in [6.07, 6.45) is 1.01. The van der Waals surface area contributed by atoms with Crippen LogP contribution >= 0.6 is 0 Å². The van der Waals surface area contributed by atoms with E-state index in [1.807, 2.05) is 0 Å². The van der Waals surface area contributed by atoms with Crippen molar-refractivity contribution in [2.45, 2.75) is 25.7 Å². The van der Waals surface area contributed by atoms with Crippen molar-refractivity contribution in [2.75, 3.05) is 4.90 Å². The Hall–Kier alpha value is -6.64. The van der Waals surface area contributed by atoms with Crippen molar-refractivity contribution >= 4 is 55.2 Å². The van der Waals surface area contributed by atoms with Crippen LogP contribution in [0.25, 0.3) is 71.5 Å². The zero-order chi connectivity index (χ0) is 35.7. The Bertz CT molecular complexity index is 3160. The topological polar surface area (TPSA) is 7.65 Å². The third-order valence-electron chi connectivity index (χ3n) is 12.5. The Morgan fingerprint density at radius 2 is 1.07 bits per heavy atom. The van der Waals surface area contributed by atoms with Crippen molar-refractivity contribution in [3.63, 3.8) is 0 Å². The first-order valence-electron chi connectivity index (χ1n) is 19.1. The minimum absolute atomic E-state index is 0.0569. The number of rotatable bonds is 4. The maximum atomic E-state index is 2.51. The van der Waals surface area contributed by atoms with Gasteiger partial charge in [-0.25, -0.2) is 0 Å². The van der Waals surface area contributed by atoms with E-state index < -0.39 is 0 Å². The average Bonchev–Trinajstić information content (AvgIpc) is 3.93. The van der Waals surface area contributed by atoms with Crippen LogP contribution in [0.3, 0.4) is 0 Å². The van der Waals surface area contributed by atoms with Crippen molar-refractivity contribution in [3.8, 4) is 33.4 Å². The van der Waals surface area contributed by atoms with Gasteiger partial charge in [0.15, 0.2) is 0 Å². The number of hydrogen-bond acceptors (Lipinski definition) is 1. The van der Waals surface area contributed by atoms with Crippen LogP contribution in [-0.2, 0) is 11.8 Å². The standard InChI is InChI=1S/C52H36N2/c1-52(2)46-18-7-5-13-39(46)45-31-37(27-28-47(45)52)53(36-25-23-32(24-26-36)33-21-22-35-29-34-11-3-4-12-38(34)44(35)30-33)49-20-10-17-43-42-16-9-15-41-40-14-6-8-19-48(40)54(50(41)42)51(43)49/h3-28,30-31H,29H2,1-2H3. The van der Waals surface area contributed by atoms with Gasteiger partial charge in [-0.3, -0.25) is 0 Å². The SMILES string of the molecule is CC1(C)c2ccccc2-c2cc(N(c3ccc(-c4ccc5c(c4)-c4ccccc4C5)cc3)c3cccc4c5cccc6c7ccccc7n(c34)c65)ccc21. The molecule has 8 aromatic carbocycles. The Balaban J connectivity index is 1.09. The van der Waals surface area contributed by atoms with Gasteiger partial charge in [-0.2, -0.15) is 0 Å². The highest BCUT2D eigenvalue weighted by Gasteiger charge is 2.36. The zero-order valence-corrected chi connectivity index (χ0v) is 30.3. The molecule has 2 heterocycles. The minimum Gasteiger partial charge on any atom is -0.308 e. The molecule has 0 amide bonds. The quantitative estimate of drug-likeness (QED) is 0.179. The minimum atomic E-state index is -0.0569. The van der Waals surface area contributed by atoms with Gasteiger partial charge in [0.05, 0.1) is 22.2 Å². The van der Waals surface area contributed by atoms with E-state index in [4.69, 9.17) is 0 Å². The van der Waals surface area contributed by atoms with E-state index in [1.165, 1.54) is 99.4 Å². The summed E-state index contributed by atoms with van der Waals surface area (Å²) in [5.74, 6) is 0. The van der Waals surface area contributed by atoms with E-state index in [0.29, 0.717) is 0 Å². The summed E-state index contributed by atoms with van der Waals surface area (Å²) in [6.45, 7) is 4.71. The second kappa shape index (κ2) is 10.7. The summed E-state index contributed by atoms with van der Waals surface area (Å²) < 4.78 is 2.51. The molecule has 0 saturated carbocycles. The van der Waals surface area contributed by atoms with Gasteiger partial charge >= 0.3 is 0 Å². The lowest BCUT2D eigenvalue weighted by Crippen LogP contribution is -2.15. The second-order valence-electron chi connectivity index (χ2n) is 15.7. The average molecular weight is 689 g/mol. The van der Waals surface area contributed by atoms with Gasteiger partial charge < -0.3 is 9.30 Å². The fourth-order valence-corrected chi connectivity index (χ4v) is 10.0. The molecule has 10 aromatic rings. The normalized spacial score (nSPS) is 13.8. The third kappa shape index (κ3) is 3.95. The smallest absolute Gasteiger partial charge is 0.0782 e. The van der Waals surface area contributed by atoms with Crippen LogP contribution in [0.5, 0.6) is 0 Å². The molecular formula is C52H36N2. The van der Waals surface area contributed by atoms with Crippen molar-refractivity contribution < 1.29 is 0 Å². The van der Waals surface area contributed by atoms with E-state index in [1.54, 1.807) is 0 Å². The fraction of sp³-hybridized carbons (Fsp3) is 0.0769. The number of para-hydroxylation sites is 3. The summed E-state index contributed by atoms with van der Waals surface area (Å²) in [6, 6.07) is 63.6. The van der Waals surface area contributed by atoms with Crippen LogP contribution in [0.2, 0.25) is 0 Å². The highest BCUT2D eigenvalue weighted by Crippen LogP contribution is 2.52. The molecule has 0 spiro atoms. The predicted octanol–water partition coefficient (Wildman–Crippen LogP) is 13.9. The number of aromatic nitrogens is 1. The van der Waals surface area contributed by atoms with Crippen LogP contribution in [0.1, 0.15) is 36.1 Å². The van der Waals surface area contributed by atoms with Gasteiger partial charge in [0, 0.05) is 38.3 Å². The Morgan fingerprint density at radius 1 is 0.444 bits per heavy atom. The summed E-state index contributed by atoms with van der Waals surface area (Å²) in [5.41, 5.74) is 20.6. The van der Waals surface area contributed by atoms with Gasteiger partial charge in [0.2, 0.25) is 0 Å². The van der Waals surface area contributed by atoms with Crippen LogP contribution < -0.4 is 4.90 Å². The molecule has 0 radical (unpaired) electrons. The van der Waals surface area contributed by atoms with E-state index in [0.717, 1.165) is 17.8 Å². The first-order valence-corrected chi connectivity index (χ1v) is 19.1. The predicted molar refractivity (Wildman–Crippen MR) is 227 cm³/mol. The highest BCUT2D eigenvalue weighted by atomic mass is 15.2. The lowest BCUT2D eigenvalue weighted by Gasteiger charge is -2.28. The van der Waals surface area contributed by atoms with Crippen LogP contribution in [0.15, 0.2) is 170 Å². The summed E-state index contributed by atoms with van der Waals surface area (Å²) in [5, 5.41) is 5.15. The first kappa shape index (κ1) is 29.9. The largest absolute Gasteiger partial charge is 0.308 e. The van der Waals surface area contributed by atoms with Crippen LogP contribution in [0.4, 0.5) is 17.1 Å². The van der Waals surface area contributed by atoms with Gasteiger partial charge in [0.25, 0.3) is 0 Å². The maximum absolute atomic E-state index is 2.51. The molecule has 12 rings (SSSR count). The molecule has 2 aromatic heterocycles. The number of nitrogens with zero attached hydrogens (tertiary/aromatic N) is 2. The monoisotopic (exact) mass is 688 g/mol. The molecule has 2 aliphatic carbocycles. The van der Waals surface area contributed by atoms with Gasteiger partial charge in [-0.1, -0.05) is 141 Å². The van der Waals surface area contributed by atoms with Gasteiger partial charge in [0.1, 0.15) is 0 Å². The summed E-state index contributed by atoms with van der Waals surface area (Å²) >= 11 is 0. The maximum Gasteiger partial charge on any atom is 0.0782 e. The number of benzene rings is 8. The molecule has 0 fully saturated rings. The first-order chi connectivity index (χ1) is 26.5. The molecule has 2 aliphatic rings. The van der Waals surface area contributed by atoms with Crippen molar-refractivity contribution in [2.24, 2.45) is 0 Å². The lowest BCUT2D eigenvalue weighted by molar-refractivity contribution is 0.660. The molecule has 254 valence electrons. The summed E-state index contributed by atoms with van der Waals surface area (Å²) in [7, 11) is 0. The highest BCUT2D eigenvalue weighted by molar-refractivity contribution is 6.25. The molecule has 0 bridgehead atoms.